The molecule has 14 heavy (non-hydrogen) atoms. The van der Waals surface area contributed by atoms with Gasteiger partial charge in [0.25, 0.3) is 0 Å². The fourth-order valence-electron chi connectivity index (χ4n) is 0.966. The predicted octanol–water partition coefficient (Wildman–Crippen LogP) is 0.883. The summed E-state index contributed by atoms with van der Waals surface area (Å²) in [6.45, 7) is 1.88. The Labute approximate surface area is 80.1 Å². The molecule has 0 aromatic carbocycles. The monoisotopic (exact) mass is 191 g/mol. The summed E-state index contributed by atoms with van der Waals surface area (Å²) in [5.74, 6) is 1.01. The van der Waals surface area contributed by atoms with Crippen LogP contribution >= 0.6 is 0 Å². The minimum Gasteiger partial charge on any atom is -0.419 e. The van der Waals surface area contributed by atoms with Gasteiger partial charge in [0, 0.05) is 24.0 Å². The number of hydrogen-bond donors (Lipinski definition) is 2. The van der Waals surface area contributed by atoms with Crippen LogP contribution in [0, 0.1) is 6.92 Å². The Bertz CT molecular complexity index is 439. The van der Waals surface area contributed by atoms with Gasteiger partial charge >= 0.3 is 0 Å². The number of ether oxygens (including phenoxy) is 1. The SMILES string of the molecule is Cc1cc(Oc2ccnc(N)n2)n[nH]1. The zero-order chi connectivity index (χ0) is 9.97. The van der Waals surface area contributed by atoms with Crippen molar-refractivity contribution in [3.05, 3.63) is 24.0 Å². The Kier molecular flexibility index (Phi) is 2.02. The fraction of sp³-hybridized carbons (Fsp3) is 0.125. The fourth-order valence-corrected chi connectivity index (χ4v) is 0.966. The minimum absolute atomic E-state index is 0.176. The highest BCUT2D eigenvalue weighted by atomic mass is 16.5. The number of anilines is 1. The summed E-state index contributed by atoms with van der Waals surface area (Å²) in [6, 6.07) is 3.37. The van der Waals surface area contributed by atoms with Crippen LogP contribution in [0.15, 0.2) is 18.3 Å². The van der Waals surface area contributed by atoms with Gasteiger partial charge in [-0.25, -0.2) is 4.98 Å². The largest absolute Gasteiger partial charge is 0.419 e. The quantitative estimate of drug-likeness (QED) is 0.735. The van der Waals surface area contributed by atoms with Crippen molar-refractivity contribution in [3.8, 4) is 11.8 Å². The Morgan fingerprint density at radius 1 is 1.43 bits per heavy atom. The first-order chi connectivity index (χ1) is 6.74. The van der Waals surface area contributed by atoms with Gasteiger partial charge in [0.1, 0.15) is 0 Å². The molecule has 2 heterocycles. The van der Waals surface area contributed by atoms with Gasteiger partial charge < -0.3 is 10.5 Å². The Hall–Kier alpha value is -2.11. The van der Waals surface area contributed by atoms with Crippen molar-refractivity contribution in [2.24, 2.45) is 0 Å². The van der Waals surface area contributed by atoms with Crippen molar-refractivity contribution < 1.29 is 4.74 Å². The average Bonchev–Trinajstić information content (AvgIpc) is 2.51. The van der Waals surface area contributed by atoms with Gasteiger partial charge in [-0.2, -0.15) is 4.98 Å². The molecule has 0 saturated heterocycles. The molecule has 0 amide bonds. The molecular formula is C8H9N5O. The van der Waals surface area contributed by atoms with E-state index in [-0.39, 0.29) is 5.95 Å². The highest BCUT2D eigenvalue weighted by Crippen LogP contribution is 2.16. The lowest BCUT2D eigenvalue weighted by Crippen LogP contribution is -1.95. The third-order valence-electron chi connectivity index (χ3n) is 1.54. The van der Waals surface area contributed by atoms with Gasteiger partial charge in [-0.15, -0.1) is 5.10 Å². The number of aromatic nitrogens is 4. The van der Waals surface area contributed by atoms with Gasteiger partial charge in [0.05, 0.1) is 0 Å². The van der Waals surface area contributed by atoms with E-state index in [1.54, 1.807) is 12.1 Å². The van der Waals surface area contributed by atoms with E-state index in [4.69, 9.17) is 10.5 Å². The maximum Gasteiger partial charge on any atom is 0.240 e. The summed E-state index contributed by atoms with van der Waals surface area (Å²) >= 11 is 0. The number of nitrogen functional groups attached to an aromatic ring is 1. The molecule has 0 radical (unpaired) electrons. The van der Waals surface area contributed by atoms with Gasteiger partial charge in [0.15, 0.2) is 0 Å². The van der Waals surface area contributed by atoms with Crippen LogP contribution in [0.1, 0.15) is 5.69 Å². The van der Waals surface area contributed by atoms with Crippen molar-refractivity contribution in [2.75, 3.05) is 5.73 Å². The van der Waals surface area contributed by atoms with Crippen molar-refractivity contribution in [1.29, 1.82) is 0 Å². The van der Waals surface area contributed by atoms with Gasteiger partial charge in [-0.1, -0.05) is 0 Å². The molecule has 0 unspecified atom stereocenters. The third-order valence-corrected chi connectivity index (χ3v) is 1.54. The van der Waals surface area contributed by atoms with Crippen LogP contribution in [0.25, 0.3) is 0 Å². The molecular weight excluding hydrogens is 182 g/mol. The second-order valence-electron chi connectivity index (χ2n) is 2.74. The number of aromatic amines is 1. The first kappa shape index (κ1) is 8.49. The molecule has 0 aliphatic heterocycles. The second-order valence-corrected chi connectivity index (χ2v) is 2.74. The highest BCUT2D eigenvalue weighted by molar-refractivity contribution is 5.24. The van der Waals surface area contributed by atoms with Crippen LogP contribution in [-0.2, 0) is 0 Å². The number of nitrogens with one attached hydrogen (secondary N) is 1. The van der Waals surface area contributed by atoms with Crippen LogP contribution in [0.2, 0.25) is 0 Å². The molecule has 6 nitrogen and oxygen atoms in total. The van der Waals surface area contributed by atoms with Crippen LogP contribution in [0.5, 0.6) is 11.8 Å². The molecule has 0 fully saturated rings. The first-order valence-corrected chi connectivity index (χ1v) is 4.02. The normalized spacial score (nSPS) is 10.1. The topological polar surface area (TPSA) is 89.7 Å². The molecule has 2 rings (SSSR count). The Morgan fingerprint density at radius 3 is 2.93 bits per heavy atom. The van der Waals surface area contributed by atoms with Gasteiger partial charge in [-0.3, -0.25) is 5.10 Å². The van der Waals surface area contributed by atoms with Crippen molar-refractivity contribution >= 4 is 5.95 Å². The molecule has 0 spiro atoms. The van der Waals surface area contributed by atoms with E-state index in [1.165, 1.54) is 6.20 Å². The van der Waals surface area contributed by atoms with E-state index >= 15 is 0 Å². The number of H-pyrrole nitrogens is 1. The smallest absolute Gasteiger partial charge is 0.240 e. The van der Waals surface area contributed by atoms with Crippen molar-refractivity contribution in [3.63, 3.8) is 0 Å². The van der Waals surface area contributed by atoms with Gasteiger partial charge in [-0.05, 0) is 6.92 Å². The molecule has 0 aliphatic rings. The summed E-state index contributed by atoms with van der Waals surface area (Å²) in [4.78, 5) is 7.61. The lowest BCUT2D eigenvalue weighted by atomic mass is 10.5. The first-order valence-electron chi connectivity index (χ1n) is 4.02. The Balaban J connectivity index is 2.18. The van der Waals surface area contributed by atoms with Crippen LogP contribution in [0.3, 0.4) is 0 Å². The van der Waals surface area contributed by atoms with E-state index in [0.29, 0.717) is 11.8 Å². The summed E-state index contributed by atoms with van der Waals surface area (Å²) in [5.41, 5.74) is 6.31. The maximum absolute atomic E-state index is 5.39. The number of nitrogens with zero attached hydrogens (tertiary/aromatic N) is 3. The van der Waals surface area contributed by atoms with E-state index in [2.05, 4.69) is 20.2 Å². The molecule has 3 N–H and O–H groups in total. The predicted molar refractivity (Wildman–Crippen MR) is 49.8 cm³/mol. The zero-order valence-corrected chi connectivity index (χ0v) is 7.56. The van der Waals surface area contributed by atoms with E-state index in [0.717, 1.165) is 5.69 Å². The molecule has 0 saturated carbocycles. The molecule has 0 aliphatic carbocycles. The molecule has 0 bridgehead atoms. The van der Waals surface area contributed by atoms with Gasteiger partial charge in [0.2, 0.25) is 17.7 Å². The highest BCUT2D eigenvalue weighted by Gasteiger charge is 2.02. The molecule has 2 aromatic heterocycles. The Morgan fingerprint density at radius 2 is 2.29 bits per heavy atom. The molecule has 72 valence electrons. The molecule has 2 aromatic rings. The molecule has 0 atom stereocenters. The van der Waals surface area contributed by atoms with E-state index in [9.17, 15) is 0 Å². The molecule has 6 heteroatoms. The summed E-state index contributed by atoms with van der Waals surface area (Å²) < 4.78 is 5.31. The number of aryl methyl sites for hydroxylation is 1. The van der Waals surface area contributed by atoms with Crippen molar-refractivity contribution in [1.82, 2.24) is 20.2 Å². The minimum atomic E-state index is 0.176. The third kappa shape index (κ3) is 1.79. The maximum atomic E-state index is 5.39. The lowest BCUT2D eigenvalue weighted by Gasteiger charge is -1.99. The van der Waals surface area contributed by atoms with Crippen LogP contribution < -0.4 is 10.5 Å². The van der Waals surface area contributed by atoms with Crippen LogP contribution in [0.4, 0.5) is 5.95 Å². The lowest BCUT2D eigenvalue weighted by molar-refractivity contribution is 0.443. The number of nitrogens with two attached hydrogens (primary N) is 1. The van der Waals surface area contributed by atoms with Crippen molar-refractivity contribution in [2.45, 2.75) is 6.92 Å². The second kappa shape index (κ2) is 3.33. The number of rotatable bonds is 2. The standard InChI is InChI=1S/C8H9N5O/c1-5-4-7(13-12-5)14-6-2-3-10-8(9)11-6/h2-4H,1H3,(H,12,13)(H2,9,10,11). The van der Waals surface area contributed by atoms with Crippen LogP contribution in [-0.4, -0.2) is 20.2 Å². The summed E-state index contributed by atoms with van der Waals surface area (Å²) in [5, 5.41) is 6.65. The zero-order valence-electron chi connectivity index (χ0n) is 7.56. The van der Waals surface area contributed by atoms with E-state index < -0.39 is 0 Å². The number of hydrogen-bond acceptors (Lipinski definition) is 5. The summed E-state index contributed by atoms with van der Waals surface area (Å²) in [6.07, 6.45) is 1.52. The van der Waals surface area contributed by atoms with E-state index in [1.807, 2.05) is 6.92 Å². The average molecular weight is 191 g/mol. The summed E-state index contributed by atoms with van der Waals surface area (Å²) in [7, 11) is 0.